The van der Waals surface area contributed by atoms with Crippen molar-refractivity contribution in [3.05, 3.63) is 23.8 Å². The molecule has 1 aliphatic carbocycles. The van der Waals surface area contributed by atoms with Gasteiger partial charge in [-0.2, -0.15) is 0 Å². The second-order valence-corrected chi connectivity index (χ2v) is 6.35. The molecule has 21 heavy (non-hydrogen) atoms. The van der Waals surface area contributed by atoms with Crippen molar-refractivity contribution < 1.29 is 9.47 Å². The molecule has 1 N–H and O–H groups in total. The highest BCUT2D eigenvalue weighted by molar-refractivity contribution is 5.40. The Hall–Kier alpha value is -1.22. The lowest BCUT2D eigenvalue weighted by Gasteiger charge is -2.41. The zero-order chi connectivity index (χ0) is 15.3. The molecule has 3 nitrogen and oxygen atoms in total. The fourth-order valence-corrected chi connectivity index (χ4v) is 3.61. The molecular formula is C18H29NO2. The Bertz CT molecular complexity index is 430. The lowest BCUT2D eigenvalue weighted by atomic mass is 9.68. The fraction of sp³-hybridized carbons (Fsp3) is 0.667. The third-order valence-corrected chi connectivity index (χ3v) is 4.81. The van der Waals surface area contributed by atoms with Crippen LogP contribution in [0.25, 0.3) is 0 Å². The number of hydrogen-bond donors (Lipinski definition) is 1. The molecule has 1 saturated carbocycles. The van der Waals surface area contributed by atoms with Gasteiger partial charge in [0.2, 0.25) is 0 Å². The molecule has 0 saturated heterocycles. The van der Waals surface area contributed by atoms with Crippen molar-refractivity contribution in [2.75, 3.05) is 20.8 Å². The quantitative estimate of drug-likeness (QED) is 0.846. The maximum absolute atomic E-state index is 5.44. The molecule has 1 aliphatic rings. The van der Waals surface area contributed by atoms with Gasteiger partial charge in [-0.3, -0.25) is 0 Å². The van der Waals surface area contributed by atoms with Gasteiger partial charge in [-0.25, -0.2) is 0 Å². The molecule has 1 atom stereocenters. The van der Waals surface area contributed by atoms with E-state index in [1.807, 2.05) is 6.07 Å². The minimum absolute atomic E-state index is 0.311. The van der Waals surface area contributed by atoms with Gasteiger partial charge >= 0.3 is 0 Å². The number of methoxy groups -OCH3 is 2. The van der Waals surface area contributed by atoms with Crippen LogP contribution in [-0.4, -0.2) is 20.8 Å². The van der Waals surface area contributed by atoms with Crippen molar-refractivity contribution in [2.45, 2.75) is 52.0 Å². The van der Waals surface area contributed by atoms with Crippen molar-refractivity contribution in [2.24, 2.45) is 5.41 Å². The van der Waals surface area contributed by atoms with Gasteiger partial charge in [-0.1, -0.05) is 33.1 Å². The van der Waals surface area contributed by atoms with Gasteiger partial charge in [0.15, 0.2) is 0 Å². The molecule has 1 aromatic carbocycles. The second-order valence-electron chi connectivity index (χ2n) is 6.35. The summed E-state index contributed by atoms with van der Waals surface area (Å²) in [6, 6.07) is 6.59. The van der Waals surface area contributed by atoms with Crippen LogP contribution in [0.3, 0.4) is 0 Å². The van der Waals surface area contributed by atoms with Gasteiger partial charge < -0.3 is 14.8 Å². The lowest BCUT2D eigenvalue weighted by molar-refractivity contribution is 0.145. The summed E-state index contributed by atoms with van der Waals surface area (Å²) >= 11 is 0. The topological polar surface area (TPSA) is 30.5 Å². The van der Waals surface area contributed by atoms with Gasteiger partial charge in [0.1, 0.15) is 11.5 Å². The Morgan fingerprint density at radius 3 is 2.10 bits per heavy atom. The maximum Gasteiger partial charge on any atom is 0.122 e. The molecule has 1 fully saturated rings. The number of hydrogen-bond acceptors (Lipinski definition) is 3. The average molecular weight is 291 g/mol. The predicted octanol–water partition coefficient (Wildman–Crippen LogP) is 4.32. The third kappa shape index (κ3) is 3.70. The van der Waals surface area contributed by atoms with Crippen molar-refractivity contribution in [1.29, 1.82) is 0 Å². The van der Waals surface area contributed by atoms with Crippen LogP contribution >= 0.6 is 0 Å². The summed E-state index contributed by atoms with van der Waals surface area (Å²) < 4.78 is 10.9. The summed E-state index contributed by atoms with van der Waals surface area (Å²) in [6.45, 7) is 5.57. The first-order valence-electron chi connectivity index (χ1n) is 8.09. The van der Waals surface area contributed by atoms with Crippen LogP contribution in [0.2, 0.25) is 0 Å². The van der Waals surface area contributed by atoms with E-state index in [2.05, 4.69) is 31.3 Å². The lowest BCUT2D eigenvalue weighted by Crippen LogP contribution is -2.37. The van der Waals surface area contributed by atoms with Crippen LogP contribution in [0.1, 0.15) is 57.6 Å². The van der Waals surface area contributed by atoms with Crippen molar-refractivity contribution in [3.8, 4) is 11.5 Å². The molecule has 0 aliphatic heterocycles. The van der Waals surface area contributed by atoms with E-state index < -0.39 is 0 Å². The number of benzene rings is 1. The molecule has 1 unspecified atom stereocenters. The molecule has 0 aromatic heterocycles. The highest BCUT2D eigenvalue weighted by atomic mass is 16.5. The van der Waals surface area contributed by atoms with Gasteiger partial charge in [0, 0.05) is 12.1 Å². The van der Waals surface area contributed by atoms with E-state index in [0.717, 1.165) is 18.0 Å². The molecule has 1 aromatic rings. The summed E-state index contributed by atoms with van der Waals surface area (Å²) in [5.74, 6) is 1.73. The molecule has 0 amide bonds. The summed E-state index contributed by atoms with van der Waals surface area (Å²) in [5, 5.41) is 3.70. The predicted molar refractivity (Wildman–Crippen MR) is 87.2 cm³/mol. The van der Waals surface area contributed by atoms with E-state index in [0.29, 0.717) is 11.5 Å². The van der Waals surface area contributed by atoms with E-state index >= 15 is 0 Å². The first-order chi connectivity index (χ1) is 10.1. The van der Waals surface area contributed by atoms with Crippen molar-refractivity contribution in [1.82, 2.24) is 5.32 Å². The Kier molecular flexibility index (Phi) is 5.51. The maximum atomic E-state index is 5.44. The minimum Gasteiger partial charge on any atom is -0.497 e. The molecule has 0 heterocycles. The molecule has 118 valence electrons. The summed E-state index contributed by atoms with van der Waals surface area (Å²) in [6.07, 6.45) is 6.60. The van der Waals surface area contributed by atoms with Gasteiger partial charge in [-0.05, 0) is 42.5 Å². The average Bonchev–Trinajstić information content (AvgIpc) is 2.52. The van der Waals surface area contributed by atoms with E-state index in [1.54, 1.807) is 14.2 Å². The van der Waals surface area contributed by atoms with Gasteiger partial charge in [0.05, 0.1) is 14.2 Å². The number of rotatable bonds is 6. The first kappa shape index (κ1) is 16.2. The van der Waals surface area contributed by atoms with E-state index in [9.17, 15) is 0 Å². The van der Waals surface area contributed by atoms with Crippen LogP contribution in [0.5, 0.6) is 11.5 Å². The Morgan fingerprint density at radius 1 is 1.05 bits per heavy atom. The Balaban J connectivity index is 2.36. The molecule has 0 bridgehead atoms. The molecular weight excluding hydrogens is 262 g/mol. The standard InChI is InChI=1S/C18H29NO2/c1-5-19-17(18(2)9-7-6-8-10-18)14-11-15(20-3)13-16(12-14)21-4/h11-13,17,19H,5-10H2,1-4H3. The smallest absolute Gasteiger partial charge is 0.122 e. The molecule has 3 heteroatoms. The zero-order valence-corrected chi connectivity index (χ0v) is 13.9. The normalized spacial score (nSPS) is 19.0. The minimum atomic E-state index is 0.311. The van der Waals surface area contributed by atoms with Crippen LogP contribution in [0.15, 0.2) is 18.2 Å². The van der Waals surface area contributed by atoms with Crippen molar-refractivity contribution in [3.63, 3.8) is 0 Å². The van der Waals surface area contributed by atoms with E-state index in [1.165, 1.54) is 37.7 Å². The second kappa shape index (κ2) is 7.17. The molecule has 0 radical (unpaired) electrons. The van der Waals surface area contributed by atoms with Gasteiger partial charge in [0.25, 0.3) is 0 Å². The third-order valence-electron chi connectivity index (χ3n) is 4.81. The highest BCUT2D eigenvalue weighted by Gasteiger charge is 2.36. The van der Waals surface area contributed by atoms with Crippen LogP contribution in [0.4, 0.5) is 0 Å². The van der Waals surface area contributed by atoms with Crippen LogP contribution in [-0.2, 0) is 0 Å². The van der Waals surface area contributed by atoms with Crippen molar-refractivity contribution >= 4 is 0 Å². The molecule has 2 rings (SSSR count). The molecule has 0 spiro atoms. The SMILES string of the molecule is CCNC(c1cc(OC)cc(OC)c1)C1(C)CCCCC1. The monoisotopic (exact) mass is 291 g/mol. The largest absolute Gasteiger partial charge is 0.497 e. The summed E-state index contributed by atoms with van der Waals surface area (Å²) in [7, 11) is 3.42. The zero-order valence-electron chi connectivity index (χ0n) is 13.9. The Labute approximate surface area is 129 Å². The first-order valence-corrected chi connectivity index (χ1v) is 8.09. The summed E-state index contributed by atoms with van der Waals surface area (Å²) in [5.41, 5.74) is 1.59. The number of nitrogens with one attached hydrogen (secondary N) is 1. The van der Waals surface area contributed by atoms with Crippen LogP contribution in [0, 0.1) is 5.41 Å². The van der Waals surface area contributed by atoms with Gasteiger partial charge in [-0.15, -0.1) is 0 Å². The fourth-order valence-electron chi connectivity index (χ4n) is 3.61. The Morgan fingerprint density at radius 2 is 1.62 bits per heavy atom. The number of ether oxygens (including phenoxy) is 2. The highest BCUT2D eigenvalue weighted by Crippen LogP contribution is 2.46. The summed E-state index contributed by atoms with van der Waals surface area (Å²) in [4.78, 5) is 0. The van der Waals surface area contributed by atoms with E-state index in [-0.39, 0.29) is 0 Å². The van der Waals surface area contributed by atoms with E-state index in [4.69, 9.17) is 9.47 Å². The van der Waals surface area contributed by atoms with Crippen LogP contribution < -0.4 is 14.8 Å².